The summed E-state index contributed by atoms with van der Waals surface area (Å²) in [6.07, 6.45) is 1.43. The lowest BCUT2D eigenvalue weighted by atomic mass is 10.2. The lowest BCUT2D eigenvalue weighted by Gasteiger charge is -2.15. The predicted molar refractivity (Wildman–Crippen MR) is 139 cm³/mol. The van der Waals surface area contributed by atoms with Gasteiger partial charge in [-0.3, -0.25) is 0 Å². The molecule has 0 radical (unpaired) electrons. The Labute approximate surface area is 214 Å². The summed E-state index contributed by atoms with van der Waals surface area (Å²) in [7, 11) is 4.53. The first-order valence-corrected chi connectivity index (χ1v) is 11.3. The van der Waals surface area contributed by atoms with Crippen molar-refractivity contribution in [3.8, 4) is 34.7 Å². The molecule has 11 nitrogen and oxygen atoms in total. The fraction of sp³-hybridized carbons (Fsp3) is 0.231. The van der Waals surface area contributed by atoms with E-state index in [0.29, 0.717) is 46.1 Å². The molecule has 4 aromatic rings. The summed E-state index contributed by atoms with van der Waals surface area (Å²) in [5.41, 5.74) is 4.10. The molecular formula is C26H28N6O5. The minimum absolute atomic E-state index is 0.371. The maximum Gasteiger partial charge on any atom is 0.323 e. The molecule has 2 heterocycles. The van der Waals surface area contributed by atoms with E-state index < -0.39 is 6.03 Å². The van der Waals surface area contributed by atoms with Gasteiger partial charge in [-0.2, -0.15) is 5.10 Å². The van der Waals surface area contributed by atoms with E-state index in [1.807, 2.05) is 20.8 Å². The van der Waals surface area contributed by atoms with E-state index in [9.17, 15) is 4.79 Å². The number of ether oxygens (including phenoxy) is 4. The first kappa shape index (κ1) is 25.3. The van der Waals surface area contributed by atoms with Gasteiger partial charge >= 0.3 is 6.03 Å². The summed E-state index contributed by atoms with van der Waals surface area (Å²) in [5.74, 6) is 2.83. The highest BCUT2D eigenvalue weighted by Gasteiger charge is 2.15. The Hall–Kier alpha value is -4.80. The number of aryl methyl sites for hydroxylation is 1. The molecule has 2 N–H and O–H groups in total. The maximum absolute atomic E-state index is 12.5. The average Bonchev–Trinajstić information content (AvgIpc) is 3.16. The molecule has 0 fully saturated rings. The van der Waals surface area contributed by atoms with Gasteiger partial charge < -0.3 is 29.6 Å². The summed E-state index contributed by atoms with van der Waals surface area (Å²) in [6.45, 7) is 5.97. The van der Waals surface area contributed by atoms with E-state index in [2.05, 4.69) is 25.7 Å². The van der Waals surface area contributed by atoms with Gasteiger partial charge in [0.2, 0.25) is 11.6 Å². The van der Waals surface area contributed by atoms with Crippen LogP contribution in [0.1, 0.15) is 17.0 Å². The summed E-state index contributed by atoms with van der Waals surface area (Å²) >= 11 is 0. The van der Waals surface area contributed by atoms with E-state index in [-0.39, 0.29) is 0 Å². The molecule has 0 aliphatic rings. The van der Waals surface area contributed by atoms with Crippen molar-refractivity contribution in [1.29, 1.82) is 0 Å². The summed E-state index contributed by atoms with van der Waals surface area (Å²) in [6, 6.07) is 11.4. The number of methoxy groups -OCH3 is 3. The minimum atomic E-state index is -0.441. The van der Waals surface area contributed by atoms with Crippen LogP contribution in [-0.2, 0) is 0 Å². The highest BCUT2D eigenvalue weighted by atomic mass is 16.5. The molecule has 0 atom stereocenters. The van der Waals surface area contributed by atoms with Crippen LogP contribution in [0, 0.1) is 20.8 Å². The fourth-order valence-corrected chi connectivity index (χ4v) is 3.62. The van der Waals surface area contributed by atoms with Crippen molar-refractivity contribution in [3.63, 3.8) is 0 Å². The Morgan fingerprint density at radius 2 is 1.49 bits per heavy atom. The smallest absolute Gasteiger partial charge is 0.323 e. The molecule has 0 unspecified atom stereocenters. The van der Waals surface area contributed by atoms with Gasteiger partial charge in [-0.1, -0.05) is 0 Å². The molecule has 192 valence electrons. The predicted octanol–water partition coefficient (Wildman–Crippen LogP) is 5.05. The molecule has 0 aliphatic heterocycles. The normalized spacial score (nSPS) is 10.5. The van der Waals surface area contributed by atoms with Crippen molar-refractivity contribution in [3.05, 3.63) is 65.7 Å². The lowest BCUT2D eigenvalue weighted by Crippen LogP contribution is -2.19. The molecule has 0 bridgehead atoms. The molecule has 37 heavy (non-hydrogen) atoms. The number of nitrogens with zero attached hydrogens (tertiary/aromatic N) is 4. The summed E-state index contributed by atoms with van der Waals surface area (Å²) in [5, 5.41) is 10.1. The Bertz CT molecular complexity index is 1390. The number of benzene rings is 2. The van der Waals surface area contributed by atoms with Crippen LogP contribution in [0.5, 0.6) is 28.9 Å². The summed E-state index contributed by atoms with van der Waals surface area (Å²) in [4.78, 5) is 21.1. The van der Waals surface area contributed by atoms with Gasteiger partial charge in [0.05, 0.1) is 32.7 Å². The number of carbonyl (C=O) groups is 1. The van der Waals surface area contributed by atoms with Crippen molar-refractivity contribution in [1.82, 2.24) is 19.7 Å². The number of hydrogen-bond donors (Lipinski definition) is 2. The molecule has 0 saturated carbocycles. The van der Waals surface area contributed by atoms with E-state index in [1.165, 1.54) is 27.7 Å². The highest BCUT2D eigenvalue weighted by molar-refractivity contribution is 6.00. The molecule has 2 aromatic carbocycles. The molecule has 2 aromatic heterocycles. The molecule has 0 saturated heterocycles. The van der Waals surface area contributed by atoms with Gasteiger partial charge in [-0.25, -0.2) is 19.4 Å². The molecule has 4 rings (SSSR count). The Morgan fingerprint density at radius 3 is 2.05 bits per heavy atom. The standard InChI is InChI=1S/C26H28N6O5/c1-15-16(2)31-32(17(15)3)23-13-24(28-14-27-23)37-20-9-7-18(8-10-20)29-26(33)30-19-11-21(34-4)25(36-6)22(12-19)35-5/h7-14H,1-6H3,(H2,29,30,33). The van der Waals surface area contributed by atoms with Gasteiger partial charge in [0.15, 0.2) is 17.3 Å². The Kier molecular flexibility index (Phi) is 7.42. The average molecular weight is 505 g/mol. The number of urea groups is 1. The highest BCUT2D eigenvalue weighted by Crippen LogP contribution is 2.40. The molecule has 0 aliphatic carbocycles. The quantitative estimate of drug-likeness (QED) is 0.342. The van der Waals surface area contributed by atoms with E-state index in [0.717, 1.165) is 17.0 Å². The van der Waals surface area contributed by atoms with Crippen molar-refractivity contribution in [2.24, 2.45) is 0 Å². The number of anilines is 2. The number of nitrogens with one attached hydrogen (secondary N) is 2. The van der Waals surface area contributed by atoms with Gasteiger partial charge in [0.1, 0.15) is 12.1 Å². The van der Waals surface area contributed by atoms with Gasteiger partial charge in [0.25, 0.3) is 0 Å². The first-order valence-electron chi connectivity index (χ1n) is 11.3. The number of amides is 2. The second kappa shape index (κ2) is 10.9. The van der Waals surface area contributed by atoms with Gasteiger partial charge in [-0.15, -0.1) is 0 Å². The first-order chi connectivity index (χ1) is 17.8. The van der Waals surface area contributed by atoms with Crippen molar-refractivity contribution < 1.29 is 23.7 Å². The molecule has 0 spiro atoms. The molecule has 11 heteroatoms. The van der Waals surface area contributed by atoms with Gasteiger partial charge in [-0.05, 0) is 50.6 Å². The SMILES string of the molecule is COc1cc(NC(=O)Nc2ccc(Oc3cc(-n4nc(C)c(C)c4C)ncn3)cc2)cc(OC)c1OC. The second-order valence-electron chi connectivity index (χ2n) is 8.04. The fourth-order valence-electron chi connectivity index (χ4n) is 3.62. The van der Waals surface area contributed by atoms with Crippen molar-refractivity contribution in [2.75, 3.05) is 32.0 Å². The zero-order valence-corrected chi connectivity index (χ0v) is 21.4. The topological polar surface area (TPSA) is 122 Å². The van der Waals surface area contributed by atoms with Crippen LogP contribution < -0.4 is 29.6 Å². The van der Waals surface area contributed by atoms with Gasteiger partial charge in [0, 0.05) is 29.6 Å². The summed E-state index contributed by atoms with van der Waals surface area (Å²) < 4.78 is 23.6. The largest absolute Gasteiger partial charge is 0.493 e. The number of hydrogen-bond acceptors (Lipinski definition) is 8. The van der Waals surface area contributed by atoms with Crippen LogP contribution in [0.2, 0.25) is 0 Å². The second-order valence-corrected chi connectivity index (χ2v) is 8.04. The molecular weight excluding hydrogens is 476 g/mol. The maximum atomic E-state index is 12.5. The van der Waals surface area contributed by atoms with Crippen molar-refractivity contribution >= 4 is 17.4 Å². The van der Waals surface area contributed by atoms with Crippen molar-refractivity contribution in [2.45, 2.75) is 20.8 Å². The van der Waals surface area contributed by atoms with Crippen LogP contribution in [0.15, 0.2) is 48.8 Å². The zero-order chi connectivity index (χ0) is 26.5. The number of carbonyl (C=O) groups excluding carboxylic acids is 1. The van der Waals surface area contributed by atoms with E-state index >= 15 is 0 Å². The third kappa shape index (κ3) is 5.56. The van der Waals surface area contributed by atoms with Crippen LogP contribution >= 0.6 is 0 Å². The Balaban J connectivity index is 1.42. The number of aromatic nitrogens is 4. The van der Waals surface area contributed by atoms with Crippen LogP contribution in [0.4, 0.5) is 16.2 Å². The Morgan fingerprint density at radius 1 is 0.838 bits per heavy atom. The zero-order valence-electron chi connectivity index (χ0n) is 21.4. The minimum Gasteiger partial charge on any atom is -0.493 e. The van der Waals surface area contributed by atoms with Crippen LogP contribution in [0.3, 0.4) is 0 Å². The molecule has 2 amide bonds. The number of rotatable bonds is 8. The third-order valence-electron chi connectivity index (χ3n) is 5.75. The lowest BCUT2D eigenvalue weighted by molar-refractivity contribution is 0.262. The van der Waals surface area contributed by atoms with Crippen LogP contribution in [0.25, 0.3) is 5.82 Å². The third-order valence-corrected chi connectivity index (χ3v) is 5.75. The van der Waals surface area contributed by atoms with E-state index in [1.54, 1.807) is 47.1 Å². The monoisotopic (exact) mass is 504 g/mol. The van der Waals surface area contributed by atoms with E-state index in [4.69, 9.17) is 18.9 Å². The van der Waals surface area contributed by atoms with Crippen LogP contribution in [-0.4, -0.2) is 47.1 Å².